The third-order valence-electron chi connectivity index (χ3n) is 6.52. The van der Waals surface area contributed by atoms with Crippen molar-refractivity contribution in [2.75, 3.05) is 14.2 Å². The third kappa shape index (κ3) is 5.94. The van der Waals surface area contributed by atoms with Gasteiger partial charge in [-0.3, -0.25) is 4.79 Å². The van der Waals surface area contributed by atoms with Gasteiger partial charge in [0.2, 0.25) is 0 Å². The van der Waals surface area contributed by atoms with Gasteiger partial charge in [-0.2, -0.15) is 9.78 Å². The van der Waals surface area contributed by atoms with Crippen LogP contribution in [-0.2, 0) is 4.79 Å². The molecule has 0 radical (unpaired) electrons. The summed E-state index contributed by atoms with van der Waals surface area (Å²) in [6, 6.07) is 12.6. The summed E-state index contributed by atoms with van der Waals surface area (Å²) in [6.45, 7) is 7.44. The highest BCUT2D eigenvalue weighted by atomic mass is 79.9. The Morgan fingerprint density at radius 1 is 1.12 bits per heavy atom. The van der Waals surface area contributed by atoms with Crippen LogP contribution in [0.5, 0.6) is 17.2 Å². The predicted molar refractivity (Wildman–Crippen MR) is 163 cm³/mol. The number of carboxylic acid groups (broad SMARTS) is 1. The van der Waals surface area contributed by atoms with Crippen molar-refractivity contribution in [2.24, 2.45) is 5.10 Å². The van der Waals surface area contributed by atoms with E-state index in [9.17, 15) is 14.7 Å². The Morgan fingerprint density at radius 3 is 2.44 bits per heavy atom. The molecule has 1 N–H and O–H groups in total. The SMILES string of the molecule is COc1cc(C)c(-c2nc3ccccc3c(=O)n2N=Cc2cc(OC)c(O[C@@H](C)C(=O)O)c(Cl)c2Br)cc1C(C)C. The number of hydrogen-bond acceptors (Lipinski definition) is 7. The number of para-hydroxylation sites is 1. The number of carboxylic acids is 1. The molecule has 1 aromatic heterocycles. The quantitative estimate of drug-likeness (QED) is 0.203. The second-order valence-electron chi connectivity index (χ2n) is 9.60. The fourth-order valence-corrected chi connectivity index (χ4v) is 4.92. The fourth-order valence-electron chi connectivity index (χ4n) is 4.28. The number of carbonyl (C=O) groups is 1. The number of aromatic nitrogens is 2. The zero-order chi connectivity index (χ0) is 30.0. The summed E-state index contributed by atoms with van der Waals surface area (Å²) in [6.07, 6.45) is 0.285. The number of fused-ring (bicyclic) bond motifs is 1. The van der Waals surface area contributed by atoms with Crippen molar-refractivity contribution < 1.29 is 24.1 Å². The zero-order valence-corrected chi connectivity index (χ0v) is 25.7. The molecule has 41 heavy (non-hydrogen) atoms. The number of aryl methyl sites for hydroxylation is 1. The van der Waals surface area contributed by atoms with E-state index in [1.54, 1.807) is 31.4 Å². The maximum absolute atomic E-state index is 13.8. The first-order chi connectivity index (χ1) is 19.5. The summed E-state index contributed by atoms with van der Waals surface area (Å²) in [5, 5.41) is 14.3. The number of nitrogens with zero attached hydrogens (tertiary/aromatic N) is 3. The minimum atomic E-state index is -1.17. The van der Waals surface area contributed by atoms with E-state index in [0.717, 1.165) is 22.4 Å². The molecule has 0 saturated heterocycles. The van der Waals surface area contributed by atoms with E-state index in [-0.39, 0.29) is 28.0 Å². The molecular weight excluding hydrogens is 614 g/mol. The Morgan fingerprint density at radius 2 is 1.80 bits per heavy atom. The number of benzene rings is 3. The summed E-state index contributed by atoms with van der Waals surface area (Å²) < 4.78 is 18.2. The largest absolute Gasteiger partial charge is 0.496 e. The Bertz CT molecular complexity index is 1730. The van der Waals surface area contributed by atoms with E-state index in [2.05, 4.69) is 34.9 Å². The van der Waals surface area contributed by atoms with Gasteiger partial charge in [-0.05, 0) is 77.2 Å². The normalized spacial score (nSPS) is 12.2. The third-order valence-corrected chi connectivity index (χ3v) is 7.97. The highest BCUT2D eigenvalue weighted by Crippen LogP contribution is 2.42. The van der Waals surface area contributed by atoms with Crippen LogP contribution in [0.1, 0.15) is 43.4 Å². The highest BCUT2D eigenvalue weighted by Gasteiger charge is 2.23. The maximum Gasteiger partial charge on any atom is 0.344 e. The van der Waals surface area contributed by atoms with Crippen LogP contribution in [0.4, 0.5) is 0 Å². The smallest absolute Gasteiger partial charge is 0.344 e. The second kappa shape index (κ2) is 12.3. The molecular formula is C30H29BrClN3O6. The summed E-state index contributed by atoms with van der Waals surface area (Å²) in [5.74, 6) is 0.373. The maximum atomic E-state index is 13.8. The Balaban J connectivity index is 1.94. The number of halogens is 2. The molecule has 214 valence electrons. The fraction of sp³-hybridized carbons (Fsp3) is 0.267. The van der Waals surface area contributed by atoms with Crippen LogP contribution < -0.4 is 19.8 Å². The predicted octanol–water partition coefficient (Wildman–Crippen LogP) is 6.66. The van der Waals surface area contributed by atoms with Crippen LogP contribution in [-0.4, -0.2) is 47.3 Å². The van der Waals surface area contributed by atoms with Gasteiger partial charge in [0.05, 0.1) is 31.3 Å². The van der Waals surface area contributed by atoms with Crippen molar-refractivity contribution in [3.63, 3.8) is 0 Å². The van der Waals surface area contributed by atoms with E-state index < -0.39 is 12.1 Å². The standard InChI is InChI=1S/C30H29BrClN3O6/c1-15(2)20-13-21(16(3)11-23(20)39-5)28-34-22-10-8-7-9-19(22)29(36)35(28)33-14-18-12-24(40-6)27(26(32)25(18)31)41-17(4)30(37)38/h7-15,17H,1-6H3,(H,37,38)/t17-/m0/s1. The van der Waals surface area contributed by atoms with Gasteiger partial charge < -0.3 is 19.3 Å². The van der Waals surface area contributed by atoms with Crippen LogP contribution in [0, 0.1) is 6.92 Å². The van der Waals surface area contributed by atoms with Crippen molar-refractivity contribution in [3.8, 4) is 28.6 Å². The highest BCUT2D eigenvalue weighted by molar-refractivity contribution is 9.10. The summed E-state index contributed by atoms with van der Waals surface area (Å²) in [4.78, 5) is 29.9. The molecule has 0 saturated carbocycles. The zero-order valence-electron chi connectivity index (χ0n) is 23.4. The van der Waals surface area contributed by atoms with Gasteiger partial charge in [-0.15, -0.1) is 0 Å². The first kappa shape index (κ1) is 30.1. The minimum absolute atomic E-state index is 0.0633. The molecule has 1 atom stereocenters. The molecule has 0 unspecified atom stereocenters. The van der Waals surface area contributed by atoms with Crippen molar-refractivity contribution >= 4 is 50.6 Å². The van der Waals surface area contributed by atoms with Gasteiger partial charge in [0.15, 0.2) is 23.4 Å². The van der Waals surface area contributed by atoms with Crippen LogP contribution in [0.15, 0.2) is 56.8 Å². The van der Waals surface area contributed by atoms with E-state index in [4.69, 9.17) is 30.8 Å². The van der Waals surface area contributed by atoms with Crippen LogP contribution in [0.2, 0.25) is 5.02 Å². The monoisotopic (exact) mass is 641 g/mol. The van der Waals surface area contributed by atoms with Gasteiger partial charge in [-0.25, -0.2) is 9.78 Å². The lowest BCUT2D eigenvalue weighted by atomic mass is 9.96. The Hall–Kier alpha value is -3.89. The molecule has 11 heteroatoms. The summed E-state index contributed by atoms with van der Waals surface area (Å²) in [5.41, 5.74) is 3.21. The Kier molecular flexibility index (Phi) is 9.04. The minimum Gasteiger partial charge on any atom is -0.496 e. The first-order valence-corrected chi connectivity index (χ1v) is 13.9. The van der Waals surface area contributed by atoms with E-state index in [1.807, 2.05) is 25.1 Å². The first-order valence-electron chi connectivity index (χ1n) is 12.7. The molecule has 0 amide bonds. The van der Waals surface area contributed by atoms with Gasteiger partial charge in [0.1, 0.15) is 10.8 Å². The molecule has 0 aliphatic carbocycles. The average Bonchev–Trinajstić information content (AvgIpc) is 2.95. The van der Waals surface area contributed by atoms with Crippen molar-refractivity contribution in [3.05, 3.63) is 79.0 Å². The Labute approximate surface area is 250 Å². The van der Waals surface area contributed by atoms with Crippen LogP contribution >= 0.6 is 27.5 Å². The lowest BCUT2D eigenvalue weighted by Crippen LogP contribution is -2.23. The molecule has 0 aliphatic heterocycles. The van der Waals surface area contributed by atoms with Gasteiger partial charge >= 0.3 is 5.97 Å². The number of ether oxygens (including phenoxy) is 3. The van der Waals surface area contributed by atoms with Crippen molar-refractivity contribution in [2.45, 2.75) is 39.7 Å². The molecule has 0 bridgehead atoms. The van der Waals surface area contributed by atoms with Crippen molar-refractivity contribution in [1.82, 2.24) is 9.66 Å². The molecule has 1 heterocycles. The van der Waals surface area contributed by atoms with Crippen molar-refractivity contribution in [1.29, 1.82) is 0 Å². The number of hydrogen-bond donors (Lipinski definition) is 1. The second-order valence-corrected chi connectivity index (χ2v) is 10.8. The lowest BCUT2D eigenvalue weighted by molar-refractivity contribution is -0.144. The topological polar surface area (TPSA) is 112 Å². The molecule has 3 aromatic carbocycles. The summed E-state index contributed by atoms with van der Waals surface area (Å²) in [7, 11) is 3.04. The molecule has 0 fully saturated rings. The number of methoxy groups -OCH3 is 2. The lowest BCUT2D eigenvalue weighted by Gasteiger charge is -2.18. The number of aliphatic carboxylic acids is 1. The molecule has 4 aromatic rings. The molecule has 0 aliphatic rings. The van der Waals surface area contributed by atoms with E-state index in [1.165, 1.54) is 24.9 Å². The van der Waals surface area contributed by atoms with Crippen LogP contribution in [0.25, 0.3) is 22.3 Å². The van der Waals surface area contributed by atoms with Crippen LogP contribution in [0.3, 0.4) is 0 Å². The van der Waals surface area contributed by atoms with Gasteiger partial charge in [-0.1, -0.05) is 37.6 Å². The molecule has 4 rings (SSSR count). The van der Waals surface area contributed by atoms with Gasteiger partial charge in [0, 0.05) is 15.6 Å². The van der Waals surface area contributed by atoms with E-state index >= 15 is 0 Å². The van der Waals surface area contributed by atoms with E-state index in [0.29, 0.717) is 26.8 Å². The average molecular weight is 643 g/mol. The number of rotatable bonds is 9. The van der Waals surface area contributed by atoms with Gasteiger partial charge in [0.25, 0.3) is 5.56 Å². The molecule has 9 nitrogen and oxygen atoms in total. The molecule has 0 spiro atoms. The summed E-state index contributed by atoms with van der Waals surface area (Å²) >= 11 is 9.99.